The number of carbonyl (C=O) groups is 3. The Hall–Kier alpha value is -2.41. The van der Waals surface area contributed by atoms with Crippen LogP contribution in [0.5, 0.6) is 0 Å². The highest BCUT2D eigenvalue weighted by atomic mass is 16.2. The maximum absolute atomic E-state index is 12.8. The van der Waals surface area contributed by atoms with Gasteiger partial charge in [0.2, 0.25) is 11.8 Å². The number of amides is 3. The normalized spacial score (nSPS) is 19.2. The highest BCUT2D eigenvalue weighted by Crippen LogP contribution is 2.22. The molecule has 1 N–H and O–H groups in total. The average Bonchev–Trinajstić information content (AvgIpc) is 2.74. The third kappa shape index (κ3) is 5.56. The molecule has 0 saturated carbocycles. The Labute approximate surface area is 173 Å². The van der Waals surface area contributed by atoms with Gasteiger partial charge in [0.05, 0.1) is 6.54 Å². The second-order valence-electron chi connectivity index (χ2n) is 7.99. The first-order valence-electron chi connectivity index (χ1n) is 10.7. The zero-order valence-corrected chi connectivity index (χ0v) is 17.5. The Bertz CT molecular complexity index is 726. The van der Waals surface area contributed by atoms with E-state index >= 15 is 0 Å². The van der Waals surface area contributed by atoms with Crippen LogP contribution in [0.1, 0.15) is 49.9 Å². The number of hydrogen-bond donors (Lipinski definition) is 1. The average molecular weight is 401 g/mol. The first-order valence-corrected chi connectivity index (χ1v) is 10.7. The topological polar surface area (TPSA) is 73.0 Å². The van der Waals surface area contributed by atoms with Gasteiger partial charge in [-0.15, -0.1) is 0 Å². The molecule has 29 heavy (non-hydrogen) atoms. The van der Waals surface area contributed by atoms with Crippen LogP contribution in [0.3, 0.4) is 0 Å². The lowest BCUT2D eigenvalue weighted by atomic mass is 10.1. The first-order chi connectivity index (χ1) is 14.0. The summed E-state index contributed by atoms with van der Waals surface area (Å²) in [6, 6.07) is 7.54. The summed E-state index contributed by atoms with van der Waals surface area (Å²) in [5.74, 6) is 0.205. The molecule has 1 atom stereocenters. The van der Waals surface area contributed by atoms with E-state index in [4.69, 9.17) is 0 Å². The minimum Gasteiger partial charge on any atom is -0.353 e. The minimum atomic E-state index is 0.00484. The lowest BCUT2D eigenvalue weighted by Crippen LogP contribution is -2.51. The number of hydrogen-bond acceptors (Lipinski definition) is 4. The molecule has 0 radical (unpaired) electrons. The van der Waals surface area contributed by atoms with Gasteiger partial charge >= 0.3 is 0 Å². The van der Waals surface area contributed by atoms with E-state index in [1.54, 1.807) is 4.90 Å². The summed E-state index contributed by atoms with van der Waals surface area (Å²) >= 11 is 0. The summed E-state index contributed by atoms with van der Waals surface area (Å²) in [7, 11) is 0. The van der Waals surface area contributed by atoms with Crippen LogP contribution in [0.15, 0.2) is 24.3 Å². The number of nitrogens with zero attached hydrogens (tertiary/aromatic N) is 3. The molecule has 7 heteroatoms. The minimum absolute atomic E-state index is 0.00484. The molecule has 0 aliphatic carbocycles. The molecule has 2 heterocycles. The monoisotopic (exact) mass is 400 g/mol. The highest BCUT2D eigenvalue weighted by molar-refractivity contribution is 5.97. The molecular weight excluding hydrogens is 368 g/mol. The lowest BCUT2D eigenvalue weighted by Gasteiger charge is -2.34. The van der Waals surface area contributed by atoms with Crippen LogP contribution in [0, 0.1) is 0 Å². The number of piperidine rings is 1. The van der Waals surface area contributed by atoms with Crippen molar-refractivity contribution >= 4 is 23.4 Å². The molecule has 3 rings (SSSR count). The molecule has 1 aromatic rings. The predicted molar refractivity (Wildman–Crippen MR) is 113 cm³/mol. The molecule has 158 valence electrons. The summed E-state index contributed by atoms with van der Waals surface area (Å²) < 4.78 is 0. The Morgan fingerprint density at radius 2 is 1.72 bits per heavy atom. The number of nitrogens with one attached hydrogen (secondary N) is 1. The van der Waals surface area contributed by atoms with Crippen molar-refractivity contribution in [2.45, 2.75) is 45.6 Å². The van der Waals surface area contributed by atoms with Gasteiger partial charge in [-0.1, -0.05) is 6.92 Å². The lowest BCUT2D eigenvalue weighted by molar-refractivity contribution is -0.123. The van der Waals surface area contributed by atoms with Crippen molar-refractivity contribution in [3.63, 3.8) is 0 Å². The Balaban J connectivity index is 1.50. The predicted octanol–water partition coefficient (Wildman–Crippen LogP) is 1.88. The van der Waals surface area contributed by atoms with Crippen LogP contribution in [0.25, 0.3) is 0 Å². The fourth-order valence-corrected chi connectivity index (χ4v) is 3.78. The van der Waals surface area contributed by atoms with Gasteiger partial charge in [0.15, 0.2) is 0 Å². The van der Waals surface area contributed by atoms with Gasteiger partial charge in [0.25, 0.3) is 5.91 Å². The van der Waals surface area contributed by atoms with Crippen LogP contribution in [-0.4, -0.2) is 72.8 Å². The van der Waals surface area contributed by atoms with Gasteiger partial charge in [0, 0.05) is 56.4 Å². The summed E-state index contributed by atoms with van der Waals surface area (Å²) in [5, 5.41) is 2.98. The van der Waals surface area contributed by atoms with Crippen molar-refractivity contribution in [2.24, 2.45) is 0 Å². The molecule has 2 fully saturated rings. The second kappa shape index (κ2) is 9.87. The van der Waals surface area contributed by atoms with Crippen molar-refractivity contribution in [3.05, 3.63) is 29.8 Å². The Kier molecular flexibility index (Phi) is 7.25. The van der Waals surface area contributed by atoms with Gasteiger partial charge in [-0.25, -0.2) is 0 Å². The van der Waals surface area contributed by atoms with Crippen LogP contribution in [0.4, 0.5) is 5.69 Å². The van der Waals surface area contributed by atoms with Gasteiger partial charge in [0.1, 0.15) is 0 Å². The Morgan fingerprint density at radius 3 is 2.34 bits per heavy atom. The number of rotatable bonds is 6. The largest absolute Gasteiger partial charge is 0.353 e. The van der Waals surface area contributed by atoms with Crippen LogP contribution < -0.4 is 10.2 Å². The summed E-state index contributed by atoms with van der Waals surface area (Å²) in [4.78, 5) is 42.6. The molecule has 1 unspecified atom stereocenters. The maximum Gasteiger partial charge on any atom is 0.253 e. The van der Waals surface area contributed by atoms with E-state index in [0.29, 0.717) is 44.7 Å². The molecule has 7 nitrogen and oxygen atoms in total. The third-order valence-corrected chi connectivity index (χ3v) is 5.80. The van der Waals surface area contributed by atoms with E-state index in [9.17, 15) is 14.4 Å². The van der Waals surface area contributed by atoms with E-state index in [2.05, 4.69) is 10.2 Å². The Morgan fingerprint density at radius 1 is 1.03 bits per heavy atom. The van der Waals surface area contributed by atoms with E-state index < -0.39 is 0 Å². The van der Waals surface area contributed by atoms with Crippen molar-refractivity contribution < 1.29 is 14.4 Å². The van der Waals surface area contributed by atoms with E-state index in [1.807, 2.05) is 43.0 Å². The van der Waals surface area contributed by atoms with Crippen LogP contribution in [-0.2, 0) is 9.59 Å². The van der Waals surface area contributed by atoms with Crippen molar-refractivity contribution in [3.8, 4) is 0 Å². The van der Waals surface area contributed by atoms with Crippen molar-refractivity contribution in [2.75, 3.05) is 44.2 Å². The van der Waals surface area contributed by atoms with Crippen LogP contribution in [0.2, 0.25) is 0 Å². The quantitative estimate of drug-likeness (QED) is 0.791. The fourth-order valence-electron chi connectivity index (χ4n) is 3.78. The van der Waals surface area contributed by atoms with E-state index in [-0.39, 0.29) is 23.8 Å². The van der Waals surface area contributed by atoms with Crippen LogP contribution >= 0.6 is 0 Å². The molecule has 0 bridgehead atoms. The molecule has 0 aromatic heterocycles. The SMILES string of the molecule is CCC(C)NC(=O)CN1CCN(C(=O)c2ccc(N3CCCCC3=O)cc2)CC1. The number of benzene rings is 1. The molecular formula is C22H32N4O3. The fraction of sp³-hybridized carbons (Fsp3) is 0.591. The first kappa shape index (κ1) is 21.3. The molecule has 1 aromatic carbocycles. The smallest absolute Gasteiger partial charge is 0.253 e. The van der Waals surface area contributed by atoms with Gasteiger partial charge in [-0.3, -0.25) is 19.3 Å². The number of piperazine rings is 1. The summed E-state index contributed by atoms with van der Waals surface area (Å²) in [5.41, 5.74) is 1.50. The van der Waals surface area contributed by atoms with E-state index in [1.165, 1.54) is 0 Å². The van der Waals surface area contributed by atoms with Gasteiger partial charge in [-0.05, 0) is 50.5 Å². The number of carbonyl (C=O) groups excluding carboxylic acids is 3. The number of anilines is 1. The third-order valence-electron chi connectivity index (χ3n) is 5.80. The summed E-state index contributed by atoms with van der Waals surface area (Å²) in [6.45, 7) is 7.79. The summed E-state index contributed by atoms with van der Waals surface area (Å²) in [6.07, 6.45) is 3.49. The van der Waals surface area contributed by atoms with E-state index in [0.717, 1.165) is 31.5 Å². The molecule has 2 aliphatic heterocycles. The zero-order valence-electron chi connectivity index (χ0n) is 17.5. The molecule has 2 aliphatic rings. The molecule has 3 amide bonds. The highest BCUT2D eigenvalue weighted by Gasteiger charge is 2.24. The standard InChI is InChI=1S/C22H32N4O3/c1-3-17(2)23-20(27)16-24-12-14-25(15-13-24)22(29)18-7-9-19(10-8-18)26-11-5-4-6-21(26)28/h7-10,17H,3-6,11-16H2,1-2H3,(H,23,27). The van der Waals surface area contributed by atoms with Gasteiger partial charge in [-0.2, -0.15) is 0 Å². The second-order valence-corrected chi connectivity index (χ2v) is 7.99. The maximum atomic E-state index is 12.8. The van der Waals surface area contributed by atoms with Crippen molar-refractivity contribution in [1.29, 1.82) is 0 Å². The zero-order chi connectivity index (χ0) is 20.8. The van der Waals surface area contributed by atoms with Crippen molar-refractivity contribution in [1.82, 2.24) is 15.1 Å². The molecule has 2 saturated heterocycles. The van der Waals surface area contributed by atoms with Gasteiger partial charge < -0.3 is 15.1 Å². The molecule has 0 spiro atoms.